The highest BCUT2D eigenvalue weighted by Crippen LogP contribution is 2.16. The minimum Gasteiger partial charge on any atom is -0.492 e. The number of piperazine rings is 1. The van der Waals surface area contributed by atoms with E-state index in [0.717, 1.165) is 56.9 Å². The van der Waals surface area contributed by atoms with Crippen molar-refractivity contribution in [3.05, 3.63) is 64.7 Å². The molecule has 0 radical (unpaired) electrons. The van der Waals surface area contributed by atoms with Crippen LogP contribution in [0.5, 0.6) is 5.75 Å². The number of benzene rings is 2. The summed E-state index contributed by atoms with van der Waals surface area (Å²) in [5.41, 5.74) is 1.44. The van der Waals surface area contributed by atoms with Crippen LogP contribution < -0.4 is 10.1 Å². The number of amides is 2. The molecule has 7 nitrogen and oxygen atoms in total. The van der Waals surface area contributed by atoms with Crippen molar-refractivity contribution in [2.24, 2.45) is 0 Å². The zero-order chi connectivity index (χ0) is 26.6. The molecule has 1 saturated heterocycles. The summed E-state index contributed by atoms with van der Waals surface area (Å²) in [5.74, 6) is 0.467. The number of likely N-dealkylation sites (N-methyl/N-ethyl adjacent to an activating group) is 1. The van der Waals surface area contributed by atoms with Gasteiger partial charge in [0.2, 0.25) is 5.91 Å². The second kappa shape index (κ2) is 15.0. The van der Waals surface area contributed by atoms with Gasteiger partial charge in [-0.1, -0.05) is 37.6 Å². The molecule has 2 amide bonds. The Hall–Kier alpha value is -2.61. The van der Waals surface area contributed by atoms with Crippen LogP contribution in [0.25, 0.3) is 0 Å². The van der Waals surface area contributed by atoms with Crippen molar-refractivity contribution in [2.75, 3.05) is 59.5 Å². The van der Waals surface area contributed by atoms with Crippen molar-refractivity contribution in [3.8, 4) is 5.75 Å². The minimum atomic E-state index is -0.662. The summed E-state index contributed by atoms with van der Waals surface area (Å²) in [5, 5.41) is 3.54. The monoisotopic (exact) mass is 528 g/mol. The fraction of sp³-hybridized carbons (Fsp3) is 0.517. The van der Waals surface area contributed by atoms with Crippen molar-refractivity contribution in [3.63, 3.8) is 0 Å². The van der Waals surface area contributed by atoms with E-state index in [4.69, 9.17) is 16.3 Å². The lowest BCUT2D eigenvalue weighted by atomic mass is 10.0. The van der Waals surface area contributed by atoms with Gasteiger partial charge in [-0.15, -0.1) is 0 Å². The zero-order valence-electron chi connectivity index (χ0n) is 22.4. The molecule has 1 unspecified atom stereocenters. The van der Waals surface area contributed by atoms with Gasteiger partial charge in [-0.3, -0.25) is 14.5 Å². The van der Waals surface area contributed by atoms with E-state index in [1.807, 2.05) is 29.2 Å². The number of halogens is 1. The molecule has 3 rings (SSSR count). The van der Waals surface area contributed by atoms with Crippen molar-refractivity contribution in [1.29, 1.82) is 0 Å². The molecule has 37 heavy (non-hydrogen) atoms. The first-order valence-electron chi connectivity index (χ1n) is 13.4. The van der Waals surface area contributed by atoms with Crippen LogP contribution in [0.3, 0.4) is 0 Å². The van der Waals surface area contributed by atoms with E-state index in [9.17, 15) is 9.59 Å². The second-order valence-corrected chi connectivity index (χ2v) is 10.1. The third-order valence-electron chi connectivity index (χ3n) is 6.64. The predicted octanol–water partition coefficient (Wildman–Crippen LogP) is 3.96. The van der Waals surface area contributed by atoms with E-state index in [1.165, 1.54) is 0 Å². The third kappa shape index (κ3) is 9.33. The summed E-state index contributed by atoms with van der Waals surface area (Å²) < 4.78 is 5.97. The number of carbonyl (C=O) groups is 2. The van der Waals surface area contributed by atoms with Crippen LogP contribution in [0.2, 0.25) is 5.02 Å². The Morgan fingerprint density at radius 1 is 0.973 bits per heavy atom. The summed E-state index contributed by atoms with van der Waals surface area (Å²) in [6.45, 7) is 11.3. The molecule has 0 saturated carbocycles. The number of hydrogen-bond donors (Lipinski definition) is 1. The second-order valence-electron chi connectivity index (χ2n) is 9.70. The number of ether oxygens (including phenoxy) is 1. The van der Waals surface area contributed by atoms with Crippen LogP contribution in [-0.2, 0) is 11.2 Å². The topological polar surface area (TPSA) is 65.1 Å². The van der Waals surface area contributed by atoms with Gasteiger partial charge >= 0.3 is 0 Å². The van der Waals surface area contributed by atoms with Gasteiger partial charge < -0.3 is 19.9 Å². The van der Waals surface area contributed by atoms with Gasteiger partial charge in [-0.05, 0) is 61.9 Å². The Kier molecular flexibility index (Phi) is 11.7. The van der Waals surface area contributed by atoms with Crippen LogP contribution in [0.15, 0.2) is 48.5 Å². The van der Waals surface area contributed by atoms with E-state index in [2.05, 4.69) is 36.0 Å². The highest BCUT2D eigenvalue weighted by atomic mass is 35.5. The van der Waals surface area contributed by atoms with E-state index in [-0.39, 0.29) is 11.8 Å². The summed E-state index contributed by atoms with van der Waals surface area (Å²) >= 11 is 5.97. The molecule has 8 heteroatoms. The summed E-state index contributed by atoms with van der Waals surface area (Å²) in [4.78, 5) is 33.1. The largest absolute Gasteiger partial charge is 0.492 e. The minimum absolute atomic E-state index is 0.0569. The first-order valence-corrected chi connectivity index (χ1v) is 13.7. The van der Waals surface area contributed by atoms with Crippen LogP contribution in [-0.4, -0.2) is 92.0 Å². The van der Waals surface area contributed by atoms with Crippen LogP contribution in [0.4, 0.5) is 0 Å². The average molecular weight is 529 g/mol. The zero-order valence-corrected chi connectivity index (χ0v) is 23.2. The molecule has 1 aliphatic heterocycles. The van der Waals surface area contributed by atoms with Crippen molar-refractivity contribution in [1.82, 2.24) is 20.0 Å². The van der Waals surface area contributed by atoms with E-state index < -0.39 is 6.04 Å². The van der Waals surface area contributed by atoms with Crippen LogP contribution in [0.1, 0.15) is 42.6 Å². The Bertz CT molecular complexity index is 970. The first kappa shape index (κ1) is 29.0. The molecule has 2 aromatic rings. The number of nitrogens with zero attached hydrogens (tertiary/aromatic N) is 3. The SMILES string of the molecule is CCCN(CCC)C(=O)C(Cc1ccc(OCCN2CCN(C)CC2)cc1)NC(=O)c1ccc(Cl)cc1. The van der Waals surface area contributed by atoms with Crippen LogP contribution in [0, 0.1) is 0 Å². The smallest absolute Gasteiger partial charge is 0.251 e. The van der Waals surface area contributed by atoms with Gasteiger partial charge in [-0.25, -0.2) is 0 Å². The standard InChI is InChI=1S/C29H41ClN4O3/c1-4-14-34(15-5-2)29(36)27(31-28(35)24-8-10-25(30)11-9-24)22-23-6-12-26(13-7-23)37-21-20-33-18-16-32(3)17-19-33/h6-13,27H,4-5,14-22H2,1-3H3,(H,31,35). The number of rotatable bonds is 13. The summed E-state index contributed by atoms with van der Waals surface area (Å²) in [6.07, 6.45) is 2.14. The van der Waals surface area contributed by atoms with E-state index >= 15 is 0 Å². The molecule has 0 aliphatic carbocycles. The highest BCUT2D eigenvalue weighted by molar-refractivity contribution is 6.30. The third-order valence-corrected chi connectivity index (χ3v) is 6.90. The van der Waals surface area contributed by atoms with E-state index in [0.29, 0.717) is 36.7 Å². The van der Waals surface area contributed by atoms with Crippen molar-refractivity contribution < 1.29 is 14.3 Å². The number of carbonyl (C=O) groups excluding carboxylic acids is 2. The Morgan fingerprint density at radius 3 is 2.19 bits per heavy atom. The molecule has 1 fully saturated rings. The van der Waals surface area contributed by atoms with Gasteiger partial charge in [0, 0.05) is 62.8 Å². The quantitative estimate of drug-likeness (QED) is 0.426. The maximum atomic E-state index is 13.5. The highest BCUT2D eigenvalue weighted by Gasteiger charge is 2.26. The lowest BCUT2D eigenvalue weighted by Crippen LogP contribution is -2.50. The molecule has 1 atom stereocenters. The first-order chi connectivity index (χ1) is 17.9. The lowest BCUT2D eigenvalue weighted by molar-refractivity contribution is -0.133. The fourth-order valence-corrected chi connectivity index (χ4v) is 4.58. The maximum absolute atomic E-state index is 13.5. The average Bonchev–Trinajstić information content (AvgIpc) is 2.90. The molecule has 2 aromatic carbocycles. The molecule has 0 aromatic heterocycles. The molecular weight excluding hydrogens is 488 g/mol. The number of nitrogens with one attached hydrogen (secondary N) is 1. The molecule has 1 aliphatic rings. The molecule has 1 heterocycles. The Morgan fingerprint density at radius 2 is 1.59 bits per heavy atom. The molecule has 1 N–H and O–H groups in total. The molecule has 0 bridgehead atoms. The van der Waals surface area contributed by atoms with Gasteiger partial charge in [0.05, 0.1) is 0 Å². The summed E-state index contributed by atoms with van der Waals surface area (Å²) in [6, 6.07) is 13.9. The Balaban J connectivity index is 1.63. The molecular formula is C29H41ClN4O3. The molecule has 0 spiro atoms. The van der Waals surface area contributed by atoms with Gasteiger partial charge in [0.1, 0.15) is 18.4 Å². The van der Waals surface area contributed by atoms with Gasteiger partial charge in [0.15, 0.2) is 0 Å². The predicted molar refractivity (Wildman–Crippen MR) is 149 cm³/mol. The Labute approximate surface area is 226 Å². The lowest BCUT2D eigenvalue weighted by Gasteiger charge is -2.32. The van der Waals surface area contributed by atoms with Crippen molar-refractivity contribution >= 4 is 23.4 Å². The fourth-order valence-electron chi connectivity index (χ4n) is 4.46. The van der Waals surface area contributed by atoms with E-state index in [1.54, 1.807) is 24.3 Å². The normalized spacial score (nSPS) is 15.2. The van der Waals surface area contributed by atoms with Crippen molar-refractivity contribution in [2.45, 2.75) is 39.2 Å². The molecule has 202 valence electrons. The maximum Gasteiger partial charge on any atom is 0.251 e. The number of hydrogen-bond acceptors (Lipinski definition) is 5. The summed E-state index contributed by atoms with van der Waals surface area (Å²) in [7, 11) is 2.15. The van der Waals surface area contributed by atoms with Gasteiger partial charge in [0.25, 0.3) is 5.91 Å². The van der Waals surface area contributed by atoms with Gasteiger partial charge in [-0.2, -0.15) is 0 Å². The van der Waals surface area contributed by atoms with Crippen LogP contribution >= 0.6 is 11.6 Å².